The van der Waals surface area contributed by atoms with Gasteiger partial charge in [0.25, 0.3) is 11.6 Å². The zero-order valence-corrected chi connectivity index (χ0v) is 18.1. The minimum atomic E-state index is -0.442. The average Bonchev–Trinajstić information content (AvgIpc) is 3.00. The molecule has 0 bridgehead atoms. The Hall–Kier alpha value is -2.91. The highest BCUT2D eigenvalue weighted by Gasteiger charge is 2.31. The van der Waals surface area contributed by atoms with Crippen LogP contribution in [0.5, 0.6) is 11.5 Å². The monoisotopic (exact) mass is 444 g/mol. The van der Waals surface area contributed by atoms with Gasteiger partial charge in [0, 0.05) is 18.7 Å². The van der Waals surface area contributed by atoms with Crippen molar-refractivity contribution in [2.24, 2.45) is 0 Å². The Labute approximate surface area is 183 Å². The van der Waals surface area contributed by atoms with Crippen LogP contribution in [0, 0.1) is 10.1 Å². The molecule has 156 valence electrons. The van der Waals surface area contributed by atoms with Crippen LogP contribution in [0.2, 0.25) is 0 Å². The van der Waals surface area contributed by atoms with Crippen LogP contribution >= 0.6 is 24.0 Å². The molecule has 0 aliphatic carbocycles. The predicted octanol–water partition coefficient (Wildman–Crippen LogP) is 4.79. The first kappa shape index (κ1) is 21.8. The van der Waals surface area contributed by atoms with Gasteiger partial charge in [-0.2, -0.15) is 0 Å². The minimum Gasteiger partial charge on any atom is -0.493 e. The molecule has 7 nitrogen and oxygen atoms in total. The number of hydrogen-bond acceptors (Lipinski definition) is 7. The van der Waals surface area contributed by atoms with Crippen molar-refractivity contribution in [3.8, 4) is 11.5 Å². The highest BCUT2D eigenvalue weighted by Crippen LogP contribution is 2.35. The zero-order chi connectivity index (χ0) is 21.7. The molecule has 0 aromatic heterocycles. The van der Waals surface area contributed by atoms with Crippen molar-refractivity contribution in [3.63, 3.8) is 0 Å². The van der Waals surface area contributed by atoms with Gasteiger partial charge in [-0.15, -0.1) is 0 Å². The van der Waals surface area contributed by atoms with Crippen molar-refractivity contribution < 1.29 is 19.2 Å². The fourth-order valence-electron chi connectivity index (χ4n) is 2.84. The Bertz CT molecular complexity index is 1000. The van der Waals surface area contributed by atoms with Crippen LogP contribution in [-0.2, 0) is 11.4 Å². The predicted molar refractivity (Wildman–Crippen MR) is 121 cm³/mol. The summed E-state index contributed by atoms with van der Waals surface area (Å²) in [7, 11) is 1.54. The van der Waals surface area contributed by atoms with Crippen molar-refractivity contribution in [3.05, 3.63) is 68.6 Å². The number of methoxy groups -OCH3 is 1. The lowest BCUT2D eigenvalue weighted by atomic mass is 10.1. The molecular formula is C21H20N2O5S2. The van der Waals surface area contributed by atoms with E-state index in [1.165, 1.54) is 23.9 Å². The van der Waals surface area contributed by atoms with E-state index in [0.717, 1.165) is 17.5 Å². The Kier molecular flexibility index (Phi) is 7.07. The Morgan fingerprint density at radius 3 is 2.57 bits per heavy atom. The van der Waals surface area contributed by atoms with Crippen molar-refractivity contribution in [2.75, 3.05) is 13.7 Å². The van der Waals surface area contributed by atoms with Gasteiger partial charge in [-0.25, -0.2) is 0 Å². The number of nitro groups is 1. The number of carbonyl (C=O) groups is 1. The van der Waals surface area contributed by atoms with Gasteiger partial charge in [0.15, 0.2) is 11.5 Å². The maximum absolute atomic E-state index is 12.5. The largest absolute Gasteiger partial charge is 0.493 e. The van der Waals surface area contributed by atoms with Gasteiger partial charge >= 0.3 is 0 Å². The second-order valence-electron chi connectivity index (χ2n) is 6.46. The molecule has 0 unspecified atom stereocenters. The average molecular weight is 445 g/mol. The summed E-state index contributed by atoms with van der Waals surface area (Å²) >= 11 is 6.59. The van der Waals surface area contributed by atoms with Crippen molar-refractivity contribution >= 4 is 46.0 Å². The summed E-state index contributed by atoms with van der Waals surface area (Å²) in [5, 5.41) is 10.7. The molecule has 0 saturated carbocycles. The van der Waals surface area contributed by atoms with Crippen LogP contribution in [-0.4, -0.2) is 33.7 Å². The zero-order valence-electron chi connectivity index (χ0n) is 16.5. The van der Waals surface area contributed by atoms with Crippen LogP contribution in [0.3, 0.4) is 0 Å². The number of thioether (sulfide) groups is 1. The number of non-ortho nitro benzene ring substituents is 1. The summed E-state index contributed by atoms with van der Waals surface area (Å²) in [6.45, 7) is 2.85. The molecule has 1 saturated heterocycles. The van der Waals surface area contributed by atoms with E-state index in [2.05, 4.69) is 0 Å². The Morgan fingerprint density at radius 2 is 1.93 bits per heavy atom. The van der Waals surface area contributed by atoms with Gasteiger partial charge in [0.1, 0.15) is 10.9 Å². The highest BCUT2D eigenvalue weighted by molar-refractivity contribution is 8.26. The lowest BCUT2D eigenvalue weighted by molar-refractivity contribution is -0.384. The quantitative estimate of drug-likeness (QED) is 0.250. The number of nitrogens with zero attached hydrogens (tertiary/aromatic N) is 2. The number of rotatable bonds is 8. The van der Waals surface area contributed by atoms with E-state index in [1.807, 2.05) is 13.0 Å². The summed E-state index contributed by atoms with van der Waals surface area (Å²) in [5.74, 6) is 0.977. The third-order valence-corrected chi connectivity index (χ3v) is 5.73. The molecule has 0 atom stereocenters. The molecule has 1 aliphatic heterocycles. The molecule has 1 aliphatic rings. The first-order chi connectivity index (χ1) is 14.4. The third-order valence-electron chi connectivity index (χ3n) is 4.35. The van der Waals surface area contributed by atoms with Crippen molar-refractivity contribution in [1.29, 1.82) is 0 Å². The molecule has 30 heavy (non-hydrogen) atoms. The fraction of sp³-hybridized carbons (Fsp3) is 0.238. The molecule has 1 amide bonds. The standard InChI is InChI=1S/C21H20N2O5S2/c1-3-10-22-20(24)19(30-21(22)29)12-15-6-9-17(18(11-15)27-2)28-13-14-4-7-16(8-5-14)23(25)26/h4-9,11-12H,3,10,13H2,1-2H3/b19-12-. The lowest BCUT2D eigenvalue weighted by Crippen LogP contribution is -2.28. The molecule has 2 aromatic rings. The molecular weight excluding hydrogens is 424 g/mol. The number of benzene rings is 2. The van der Waals surface area contributed by atoms with Crippen molar-refractivity contribution in [1.82, 2.24) is 4.90 Å². The Balaban J connectivity index is 1.73. The molecule has 1 fully saturated rings. The first-order valence-corrected chi connectivity index (χ1v) is 10.4. The molecule has 1 heterocycles. The number of hydrogen-bond donors (Lipinski definition) is 0. The maximum atomic E-state index is 12.5. The number of nitro benzene ring substituents is 1. The SMILES string of the molecule is CCCN1C(=O)/C(=C/c2ccc(OCc3ccc([N+](=O)[O-])cc3)c(OC)c2)SC1=S. The summed E-state index contributed by atoms with van der Waals surface area (Å²) in [5.41, 5.74) is 1.63. The van der Waals surface area contributed by atoms with Crippen LogP contribution in [0.15, 0.2) is 47.4 Å². The van der Waals surface area contributed by atoms with Gasteiger partial charge in [0.2, 0.25) is 0 Å². The van der Waals surface area contributed by atoms with E-state index in [0.29, 0.717) is 27.3 Å². The number of thiocarbonyl (C=S) groups is 1. The van der Waals surface area contributed by atoms with E-state index in [1.54, 1.807) is 42.4 Å². The molecule has 0 spiro atoms. The number of carbonyl (C=O) groups excluding carboxylic acids is 1. The fourth-order valence-corrected chi connectivity index (χ4v) is 4.14. The molecule has 3 rings (SSSR count). The summed E-state index contributed by atoms with van der Waals surface area (Å²) in [6.07, 6.45) is 2.63. The van der Waals surface area contributed by atoms with Gasteiger partial charge in [-0.1, -0.05) is 37.0 Å². The highest BCUT2D eigenvalue weighted by atomic mass is 32.2. The summed E-state index contributed by atoms with van der Waals surface area (Å²) in [4.78, 5) is 25.0. The van der Waals surface area contributed by atoms with Gasteiger partial charge in [-0.3, -0.25) is 19.8 Å². The first-order valence-electron chi connectivity index (χ1n) is 9.22. The van der Waals surface area contributed by atoms with E-state index < -0.39 is 4.92 Å². The lowest BCUT2D eigenvalue weighted by Gasteiger charge is -2.12. The van der Waals surface area contributed by atoms with Crippen LogP contribution in [0.1, 0.15) is 24.5 Å². The van der Waals surface area contributed by atoms with Gasteiger partial charge in [0.05, 0.1) is 16.9 Å². The minimum absolute atomic E-state index is 0.0324. The second kappa shape index (κ2) is 9.73. The third kappa shape index (κ3) is 4.98. The topological polar surface area (TPSA) is 81.9 Å². The molecule has 0 radical (unpaired) electrons. The van der Waals surface area contributed by atoms with Crippen LogP contribution < -0.4 is 9.47 Å². The van der Waals surface area contributed by atoms with E-state index >= 15 is 0 Å². The summed E-state index contributed by atoms with van der Waals surface area (Å²) < 4.78 is 11.8. The molecule has 9 heteroatoms. The smallest absolute Gasteiger partial charge is 0.269 e. The van der Waals surface area contributed by atoms with E-state index in [4.69, 9.17) is 21.7 Å². The van der Waals surface area contributed by atoms with E-state index in [-0.39, 0.29) is 18.2 Å². The van der Waals surface area contributed by atoms with Gasteiger partial charge < -0.3 is 9.47 Å². The number of ether oxygens (including phenoxy) is 2. The summed E-state index contributed by atoms with van der Waals surface area (Å²) in [6, 6.07) is 11.6. The normalized spacial score (nSPS) is 15.0. The second-order valence-corrected chi connectivity index (χ2v) is 8.13. The van der Waals surface area contributed by atoms with Crippen LogP contribution in [0.25, 0.3) is 6.08 Å². The molecule has 2 aromatic carbocycles. The van der Waals surface area contributed by atoms with E-state index in [9.17, 15) is 14.9 Å². The van der Waals surface area contributed by atoms with Crippen molar-refractivity contribution in [2.45, 2.75) is 20.0 Å². The Morgan fingerprint density at radius 1 is 1.20 bits per heavy atom. The van der Waals surface area contributed by atoms with Crippen LogP contribution in [0.4, 0.5) is 5.69 Å². The number of amides is 1. The van der Waals surface area contributed by atoms with Gasteiger partial charge in [-0.05, 0) is 47.9 Å². The molecule has 0 N–H and O–H groups in total. The maximum Gasteiger partial charge on any atom is 0.269 e.